The molecule has 2 rings (SSSR count). The summed E-state index contributed by atoms with van der Waals surface area (Å²) in [6.07, 6.45) is 2.49. The average Bonchev–Trinajstić information content (AvgIpc) is 3.09. The van der Waals surface area contributed by atoms with Crippen LogP contribution in [0.2, 0.25) is 5.02 Å². The summed E-state index contributed by atoms with van der Waals surface area (Å²) >= 11 is 7.90. The minimum Gasteiger partial charge on any atom is -0.387 e. The summed E-state index contributed by atoms with van der Waals surface area (Å²) in [7, 11) is -1.79. The first-order valence-electron chi connectivity index (χ1n) is 9.30. The Morgan fingerprint density at radius 2 is 2.03 bits per heavy atom. The normalized spacial score (nSPS) is 14.7. The van der Waals surface area contributed by atoms with E-state index in [9.17, 15) is 18.6 Å². The van der Waals surface area contributed by atoms with Crippen molar-refractivity contribution in [2.24, 2.45) is 4.99 Å². The van der Waals surface area contributed by atoms with Gasteiger partial charge in [-0.15, -0.1) is 11.3 Å². The molecule has 0 fully saturated rings. The first-order chi connectivity index (χ1) is 13.9. The second-order valence-electron chi connectivity index (χ2n) is 7.50. The SMILES string of the molecule is CC/C(=C\C(=NC)C(O)C(C)(C)O)c1csc(-c2ccc(NS(C)(=O)=O)cc2Cl)c1. The van der Waals surface area contributed by atoms with Crippen molar-refractivity contribution < 1.29 is 18.6 Å². The van der Waals surface area contributed by atoms with Crippen molar-refractivity contribution in [1.29, 1.82) is 0 Å². The van der Waals surface area contributed by atoms with Gasteiger partial charge in [0.05, 0.1) is 22.6 Å². The van der Waals surface area contributed by atoms with Gasteiger partial charge in [-0.3, -0.25) is 9.71 Å². The second kappa shape index (κ2) is 9.62. The monoisotopic (exact) mass is 470 g/mol. The Kier molecular flexibility index (Phi) is 7.87. The molecule has 0 aliphatic heterocycles. The van der Waals surface area contributed by atoms with E-state index in [1.165, 1.54) is 25.2 Å². The number of benzene rings is 1. The molecule has 0 amide bonds. The minimum atomic E-state index is -3.38. The maximum absolute atomic E-state index is 11.4. The molecule has 9 heteroatoms. The zero-order chi connectivity index (χ0) is 22.7. The Morgan fingerprint density at radius 3 is 2.53 bits per heavy atom. The maximum atomic E-state index is 11.4. The van der Waals surface area contributed by atoms with Crippen molar-refractivity contribution in [3.05, 3.63) is 46.3 Å². The smallest absolute Gasteiger partial charge is 0.229 e. The number of aliphatic hydroxyl groups is 2. The third-order valence-electron chi connectivity index (χ3n) is 4.42. The van der Waals surface area contributed by atoms with E-state index in [0.29, 0.717) is 22.8 Å². The third-order valence-corrected chi connectivity index (χ3v) is 6.30. The highest BCUT2D eigenvalue weighted by Crippen LogP contribution is 2.37. The summed E-state index contributed by atoms with van der Waals surface area (Å²) in [5.74, 6) is 0. The molecular formula is C21H27ClN2O4S2. The molecular weight excluding hydrogens is 444 g/mol. The third kappa shape index (κ3) is 6.39. The van der Waals surface area contributed by atoms with Crippen LogP contribution < -0.4 is 4.72 Å². The molecule has 0 bridgehead atoms. The number of nitrogens with one attached hydrogen (secondary N) is 1. The van der Waals surface area contributed by atoms with Gasteiger partial charge < -0.3 is 10.2 Å². The fourth-order valence-corrected chi connectivity index (χ4v) is 4.70. The predicted molar refractivity (Wildman–Crippen MR) is 127 cm³/mol. The maximum Gasteiger partial charge on any atom is 0.229 e. The summed E-state index contributed by atoms with van der Waals surface area (Å²) in [6, 6.07) is 7.02. The number of aliphatic hydroxyl groups excluding tert-OH is 1. The lowest BCUT2D eigenvalue weighted by molar-refractivity contribution is -0.0122. The van der Waals surface area contributed by atoms with Gasteiger partial charge >= 0.3 is 0 Å². The Labute approximate surface area is 187 Å². The van der Waals surface area contributed by atoms with Gasteiger partial charge in [-0.25, -0.2) is 8.42 Å². The van der Waals surface area contributed by atoms with Gasteiger partial charge in [0.1, 0.15) is 6.10 Å². The van der Waals surface area contributed by atoms with Crippen molar-refractivity contribution in [3.8, 4) is 10.4 Å². The van der Waals surface area contributed by atoms with Crippen LogP contribution in [0, 0.1) is 0 Å². The molecule has 1 heterocycles. The number of sulfonamides is 1. The molecule has 1 atom stereocenters. The minimum absolute atomic E-state index is 0.404. The fraction of sp³-hybridized carbons (Fsp3) is 0.381. The van der Waals surface area contributed by atoms with Crippen molar-refractivity contribution in [2.45, 2.75) is 38.9 Å². The van der Waals surface area contributed by atoms with Crippen LogP contribution in [0.4, 0.5) is 5.69 Å². The lowest BCUT2D eigenvalue weighted by Gasteiger charge is -2.24. The van der Waals surface area contributed by atoms with E-state index < -0.39 is 21.7 Å². The summed E-state index contributed by atoms with van der Waals surface area (Å²) in [5.41, 5.74) is 2.23. The molecule has 1 aromatic heterocycles. The molecule has 0 spiro atoms. The Bertz CT molecular complexity index is 1070. The first-order valence-corrected chi connectivity index (χ1v) is 12.4. The Morgan fingerprint density at radius 1 is 1.37 bits per heavy atom. The Balaban J connectivity index is 2.36. The standard InChI is InChI=1S/C21H27ClN2O4S2/c1-6-13(9-18(23-4)20(25)21(2,3)26)14-10-19(29-12-14)16-8-7-15(11-17(16)22)24-30(5,27)28/h7-12,20,24-26H,6H2,1-5H3/b13-9+,23-18?. The largest absolute Gasteiger partial charge is 0.387 e. The van der Waals surface area contributed by atoms with Gasteiger partial charge in [-0.1, -0.05) is 18.5 Å². The number of rotatable bonds is 8. The molecule has 0 aliphatic rings. The summed E-state index contributed by atoms with van der Waals surface area (Å²) in [4.78, 5) is 5.07. The van der Waals surface area contributed by atoms with Crippen LogP contribution in [0.1, 0.15) is 32.8 Å². The van der Waals surface area contributed by atoms with E-state index in [1.54, 1.807) is 31.3 Å². The number of thiophene rings is 1. The van der Waals surface area contributed by atoms with Gasteiger partial charge in [0.15, 0.2) is 0 Å². The van der Waals surface area contributed by atoms with Crippen LogP contribution in [0.5, 0.6) is 0 Å². The van der Waals surface area contributed by atoms with Crippen LogP contribution in [0.3, 0.4) is 0 Å². The van der Waals surface area contributed by atoms with Crippen LogP contribution in [0.15, 0.2) is 40.7 Å². The fourth-order valence-electron chi connectivity index (χ4n) is 2.83. The summed E-state index contributed by atoms with van der Waals surface area (Å²) < 4.78 is 25.2. The van der Waals surface area contributed by atoms with Crippen molar-refractivity contribution in [3.63, 3.8) is 0 Å². The van der Waals surface area contributed by atoms with E-state index in [4.69, 9.17) is 11.6 Å². The van der Waals surface area contributed by atoms with E-state index in [0.717, 1.165) is 27.8 Å². The lowest BCUT2D eigenvalue weighted by Crippen LogP contribution is -2.41. The highest BCUT2D eigenvalue weighted by Gasteiger charge is 2.28. The molecule has 0 saturated carbocycles. The number of nitrogens with zero attached hydrogens (tertiary/aromatic N) is 1. The van der Waals surface area contributed by atoms with Crippen LogP contribution in [-0.2, 0) is 10.0 Å². The van der Waals surface area contributed by atoms with Crippen molar-refractivity contribution >= 4 is 49.9 Å². The molecule has 0 aliphatic carbocycles. The van der Waals surface area contributed by atoms with Gasteiger partial charge in [-0.2, -0.15) is 0 Å². The number of halogens is 1. The van der Waals surface area contributed by atoms with E-state index >= 15 is 0 Å². The van der Waals surface area contributed by atoms with E-state index in [-0.39, 0.29) is 0 Å². The van der Waals surface area contributed by atoms with Crippen LogP contribution >= 0.6 is 22.9 Å². The molecule has 164 valence electrons. The lowest BCUT2D eigenvalue weighted by atomic mass is 9.94. The van der Waals surface area contributed by atoms with Gasteiger partial charge in [0, 0.05) is 23.2 Å². The van der Waals surface area contributed by atoms with Crippen LogP contribution in [0.25, 0.3) is 16.0 Å². The molecule has 0 radical (unpaired) electrons. The number of hydrogen-bond acceptors (Lipinski definition) is 6. The van der Waals surface area contributed by atoms with Crippen LogP contribution in [-0.4, -0.2) is 49.4 Å². The molecule has 0 saturated heterocycles. The Hall–Kier alpha value is -1.71. The number of anilines is 1. The topological polar surface area (TPSA) is 99.0 Å². The first kappa shape index (κ1) is 24.6. The molecule has 30 heavy (non-hydrogen) atoms. The number of aliphatic imine (C=N–C) groups is 1. The quantitative estimate of drug-likeness (QED) is 0.497. The number of hydrogen-bond donors (Lipinski definition) is 3. The van der Waals surface area contributed by atoms with Crippen molar-refractivity contribution in [1.82, 2.24) is 0 Å². The average molecular weight is 471 g/mol. The highest BCUT2D eigenvalue weighted by molar-refractivity contribution is 7.92. The molecule has 1 aromatic carbocycles. The molecule has 3 N–H and O–H groups in total. The molecule has 2 aromatic rings. The molecule has 6 nitrogen and oxygen atoms in total. The van der Waals surface area contributed by atoms with Gasteiger partial charge in [-0.05, 0) is 67.1 Å². The highest BCUT2D eigenvalue weighted by atomic mass is 35.5. The summed E-state index contributed by atoms with van der Waals surface area (Å²) in [6.45, 7) is 5.08. The van der Waals surface area contributed by atoms with Crippen molar-refractivity contribution in [2.75, 3.05) is 18.0 Å². The zero-order valence-corrected chi connectivity index (χ0v) is 20.0. The van der Waals surface area contributed by atoms with Gasteiger partial charge in [0.2, 0.25) is 10.0 Å². The predicted octanol–water partition coefficient (Wildman–Crippen LogP) is 4.44. The van der Waals surface area contributed by atoms with E-state index in [1.807, 2.05) is 18.4 Å². The summed E-state index contributed by atoms with van der Waals surface area (Å²) in [5, 5.41) is 22.9. The van der Waals surface area contributed by atoms with E-state index in [2.05, 4.69) is 9.71 Å². The zero-order valence-electron chi connectivity index (χ0n) is 17.6. The molecule has 1 unspecified atom stereocenters. The second-order valence-corrected chi connectivity index (χ2v) is 10.6. The number of allylic oxidation sites excluding steroid dienone is 1. The van der Waals surface area contributed by atoms with Gasteiger partial charge in [0.25, 0.3) is 0 Å².